The summed E-state index contributed by atoms with van der Waals surface area (Å²) in [6.45, 7) is 6.68. The smallest absolute Gasteiger partial charge is 0.275 e. The molecule has 0 radical (unpaired) electrons. The number of carbonyl (C=O) groups excluding carboxylic acids is 1. The van der Waals surface area contributed by atoms with Crippen molar-refractivity contribution in [2.24, 2.45) is 0 Å². The Kier molecular flexibility index (Phi) is 4.04. The number of aryl methyl sites for hydroxylation is 3. The maximum atomic E-state index is 12.3. The second-order valence-electron chi connectivity index (χ2n) is 4.41. The molecule has 5 heteroatoms. The third-order valence-corrected chi connectivity index (χ3v) is 3.65. The Morgan fingerprint density at radius 3 is 2.74 bits per heavy atom. The quantitative estimate of drug-likeness (QED) is 0.939. The molecule has 0 bridgehead atoms. The minimum atomic E-state index is -0.158. The second kappa shape index (κ2) is 5.57. The highest BCUT2D eigenvalue weighted by molar-refractivity contribution is 9.10. The van der Waals surface area contributed by atoms with Crippen LogP contribution in [0.4, 0.5) is 5.69 Å². The molecular weight excluding hydrogens is 306 g/mol. The van der Waals surface area contributed by atoms with Gasteiger partial charge in [-0.05, 0) is 60.0 Å². The molecule has 2 rings (SSSR count). The summed E-state index contributed by atoms with van der Waals surface area (Å²) in [5, 5.41) is 7.04. The van der Waals surface area contributed by atoms with E-state index in [-0.39, 0.29) is 5.91 Å². The molecule has 1 aromatic carbocycles. The van der Waals surface area contributed by atoms with Gasteiger partial charge in [0.2, 0.25) is 0 Å². The zero-order valence-corrected chi connectivity index (χ0v) is 12.8. The molecule has 0 saturated carbocycles. The number of rotatable bonds is 3. The van der Waals surface area contributed by atoms with Crippen molar-refractivity contribution in [2.45, 2.75) is 27.3 Å². The molecule has 1 N–H and O–H groups in total. The highest BCUT2D eigenvalue weighted by Crippen LogP contribution is 2.19. The van der Waals surface area contributed by atoms with Gasteiger partial charge in [0, 0.05) is 12.2 Å². The Morgan fingerprint density at radius 2 is 2.11 bits per heavy atom. The third kappa shape index (κ3) is 2.87. The fourth-order valence-electron chi connectivity index (χ4n) is 1.84. The third-order valence-electron chi connectivity index (χ3n) is 3.07. The van der Waals surface area contributed by atoms with Gasteiger partial charge in [-0.25, -0.2) is 0 Å². The molecule has 1 amide bonds. The van der Waals surface area contributed by atoms with E-state index in [0.717, 1.165) is 11.3 Å². The normalized spacial score (nSPS) is 10.5. The van der Waals surface area contributed by atoms with E-state index in [2.05, 4.69) is 26.3 Å². The van der Waals surface area contributed by atoms with Gasteiger partial charge in [0.25, 0.3) is 5.91 Å². The SMILES string of the molecule is CCn1ncc(Br)c1C(=O)Nc1ccc(C)c(C)c1. The van der Waals surface area contributed by atoms with Crippen LogP contribution in [0.1, 0.15) is 28.5 Å². The van der Waals surface area contributed by atoms with Gasteiger partial charge in [-0.15, -0.1) is 0 Å². The van der Waals surface area contributed by atoms with Crippen LogP contribution >= 0.6 is 15.9 Å². The standard InChI is InChI=1S/C14H16BrN3O/c1-4-18-13(12(15)8-16-18)14(19)17-11-6-5-9(2)10(3)7-11/h5-8H,4H2,1-3H3,(H,17,19). The molecule has 1 heterocycles. The largest absolute Gasteiger partial charge is 0.321 e. The number of benzene rings is 1. The number of nitrogens with one attached hydrogen (secondary N) is 1. The molecule has 19 heavy (non-hydrogen) atoms. The minimum Gasteiger partial charge on any atom is -0.321 e. The Morgan fingerprint density at radius 1 is 1.37 bits per heavy atom. The second-order valence-corrected chi connectivity index (χ2v) is 5.26. The Hall–Kier alpha value is -1.62. The van der Waals surface area contributed by atoms with Crippen molar-refractivity contribution in [3.8, 4) is 0 Å². The van der Waals surface area contributed by atoms with E-state index in [9.17, 15) is 4.79 Å². The molecule has 4 nitrogen and oxygen atoms in total. The Bertz CT molecular complexity index is 619. The predicted octanol–water partition coefficient (Wildman–Crippen LogP) is 3.53. The van der Waals surface area contributed by atoms with Crippen LogP contribution in [0.5, 0.6) is 0 Å². The van der Waals surface area contributed by atoms with Crippen LogP contribution in [-0.4, -0.2) is 15.7 Å². The summed E-state index contributed by atoms with van der Waals surface area (Å²) in [5.41, 5.74) is 3.70. The molecule has 1 aromatic heterocycles. The molecule has 100 valence electrons. The highest BCUT2D eigenvalue weighted by Gasteiger charge is 2.16. The summed E-state index contributed by atoms with van der Waals surface area (Å²) >= 11 is 3.35. The van der Waals surface area contributed by atoms with E-state index in [1.54, 1.807) is 10.9 Å². The summed E-state index contributed by atoms with van der Waals surface area (Å²) in [5.74, 6) is -0.158. The van der Waals surface area contributed by atoms with Crippen molar-refractivity contribution in [1.29, 1.82) is 0 Å². The average Bonchev–Trinajstić information content (AvgIpc) is 2.75. The lowest BCUT2D eigenvalue weighted by Gasteiger charge is -2.09. The molecule has 0 saturated heterocycles. The van der Waals surface area contributed by atoms with E-state index in [1.807, 2.05) is 39.0 Å². The Balaban J connectivity index is 2.25. The van der Waals surface area contributed by atoms with Crippen molar-refractivity contribution in [2.75, 3.05) is 5.32 Å². The zero-order chi connectivity index (χ0) is 14.0. The number of anilines is 1. The monoisotopic (exact) mass is 321 g/mol. The maximum Gasteiger partial charge on any atom is 0.275 e. The average molecular weight is 322 g/mol. The number of aromatic nitrogens is 2. The van der Waals surface area contributed by atoms with Crippen molar-refractivity contribution >= 4 is 27.5 Å². The van der Waals surface area contributed by atoms with Crippen LogP contribution in [0.3, 0.4) is 0 Å². The van der Waals surface area contributed by atoms with Crippen LogP contribution in [-0.2, 0) is 6.54 Å². The van der Waals surface area contributed by atoms with Gasteiger partial charge >= 0.3 is 0 Å². The van der Waals surface area contributed by atoms with Crippen LogP contribution in [0.25, 0.3) is 0 Å². The zero-order valence-electron chi connectivity index (χ0n) is 11.2. The topological polar surface area (TPSA) is 46.9 Å². The minimum absolute atomic E-state index is 0.158. The molecule has 0 atom stereocenters. The van der Waals surface area contributed by atoms with Crippen molar-refractivity contribution < 1.29 is 4.79 Å². The first-order valence-electron chi connectivity index (χ1n) is 6.12. The molecule has 0 spiro atoms. The number of hydrogen-bond acceptors (Lipinski definition) is 2. The Labute approximate surface area is 120 Å². The molecule has 0 aliphatic rings. The van der Waals surface area contributed by atoms with Gasteiger partial charge in [-0.3, -0.25) is 9.48 Å². The number of carbonyl (C=O) groups is 1. The molecule has 0 fully saturated rings. The summed E-state index contributed by atoms with van der Waals surface area (Å²) < 4.78 is 2.37. The van der Waals surface area contributed by atoms with Crippen molar-refractivity contribution in [1.82, 2.24) is 9.78 Å². The number of amides is 1. The first kappa shape index (κ1) is 13.8. The first-order valence-corrected chi connectivity index (χ1v) is 6.92. The summed E-state index contributed by atoms with van der Waals surface area (Å²) in [7, 11) is 0. The lowest BCUT2D eigenvalue weighted by Crippen LogP contribution is -2.18. The van der Waals surface area contributed by atoms with E-state index < -0.39 is 0 Å². The summed E-state index contributed by atoms with van der Waals surface area (Å²) in [6, 6.07) is 5.87. The van der Waals surface area contributed by atoms with E-state index in [1.165, 1.54) is 5.56 Å². The van der Waals surface area contributed by atoms with Gasteiger partial charge in [0.1, 0.15) is 5.69 Å². The number of halogens is 1. The van der Waals surface area contributed by atoms with E-state index in [0.29, 0.717) is 16.7 Å². The lowest BCUT2D eigenvalue weighted by molar-refractivity contribution is 0.101. The van der Waals surface area contributed by atoms with Gasteiger partial charge in [-0.2, -0.15) is 5.10 Å². The molecule has 2 aromatic rings. The lowest BCUT2D eigenvalue weighted by atomic mass is 10.1. The molecule has 0 aliphatic heterocycles. The molecule has 0 aliphatic carbocycles. The fraction of sp³-hybridized carbons (Fsp3) is 0.286. The van der Waals surface area contributed by atoms with Crippen molar-refractivity contribution in [3.63, 3.8) is 0 Å². The van der Waals surface area contributed by atoms with E-state index >= 15 is 0 Å². The first-order chi connectivity index (χ1) is 9.02. The van der Waals surface area contributed by atoms with Crippen LogP contribution in [0.15, 0.2) is 28.9 Å². The van der Waals surface area contributed by atoms with Gasteiger partial charge in [-0.1, -0.05) is 6.07 Å². The maximum absolute atomic E-state index is 12.3. The number of hydrogen-bond donors (Lipinski definition) is 1. The van der Waals surface area contributed by atoms with E-state index in [4.69, 9.17) is 0 Å². The van der Waals surface area contributed by atoms with Gasteiger partial charge in [0.05, 0.1) is 10.7 Å². The number of nitrogens with zero attached hydrogens (tertiary/aromatic N) is 2. The van der Waals surface area contributed by atoms with Gasteiger partial charge < -0.3 is 5.32 Å². The van der Waals surface area contributed by atoms with Crippen molar-refractivity contribution in [3.05, 3.63) is 45.7 Å². The summed E-state index contributed by atoms with van der Waals surface area (Å²) in [6.07, 6.45) is 1.64. The molecular formula is C14H16BrN3O. The highest BCUT2D eigenvalue weighted by atomic mass is 79.9. The predicted molar refractivity (Wildman–Crippen MR) is 79.5 cm³/mol. The van der Waals surface area contributed by atoms with Crippen LogP contribution in [0.2, 0.25) is 0 Å². The molecule has 0 unspecified atom stereocenters. The fourth-order valence-corrected chi connectivity index (χ4v) is 2.31. The van der Waals surface area contributed by atoms with Gasteiger partial charge in [0.15, 0.2) is 0 Å². The van der Waals surface area contributed by atoms with Crippen LogP contribution in [0, 0.1) is 13.8 Å². The van der Waals surface area contributed by atoms with Crippen LogP contribution < -0.4 is 5.32 Å². The summed E-state index contributed by atoms with van der Waals surface area (Å²) in [4.78, 5) is 12.3.